The van der Waals surface area contributed by atoms with Crippen LogP contribution in [0.4, 0.5) is 10.3 Å². The van der Waals surface area contributed by atoms with Gasteiger partial charge in [-0.2, -0.15) is 0 Å². The maximum Gasteiger partial charge on any atom is 0.277 e. The van der Waals surface area contributed by atoms with Gasteiger partial charge < -0.3 is 5.32 Å². The second kappa shape index (κ2) is 10.1. The van der Waals surface area contributed by atoms with Crippen LogP contribution in [0, 0.1) is 5.41 Å². The summed E-state index contributed by atoms with van der Waals surface area (Å²) < 4.78 is 0. The summed E-state index contributed by atoms with van der Waals surface area (Å²) in [4.78, 5) is 26.0. The number of aliphatic imine (C=N–C) groups is 1. The van der Waals surface area contributed by atoms with Crippen LogP contribution >= 0.6 is 22.7 Å². The first-order chi connectivity index (χ1) is 15.2. The average Bonchev–Trinajstić information content (AvgIpc) is 3.50. The summed E-state index contributed by atoms with van der Waals surface area (Å²) in [7, 11) is 0. The molecule has 4 rings (SSSR count). The van der Waals surface area contributed by atoms with Gasteiger partial charge in [-0.3, -0.25) is 20.5 Å². The molecule has 0 saturated heterocycles. The van der Waals surface area contributed by atoms with Crippen LogP contribution in [0.1, 0.15) is 12.8 Å². The molecule has 9 heteroatoms. The Kier molecular flexibility index (Phi) is 6.75. The lowest BCUT2D eigenvalue weighted by Crippen LogP contribution is -2.31. The van der Waals surface area contributed by atoms with Gasteiger partial charge in [0.25, 0.3) is 5.91 Å². The highest BCUT2D eigenvalue weighted by molar-refractivity contribution is 7.14. The third-order valence-electron chi connectivity index (χ3n) is 4.43. The van der Waals surface area contributed by atoms with E-state index in [9.17, 15) is 4.79 Å². The lowest BCUT2D eigenvalue weighted by molar-refractivity contribution is -0.110. The van der Waals surface area contributed by atoms with Crippen molar-refractivity contribution in [1.29, 1.82) is 5.41 Å². The SMILES string of the molecule is N=C(C1=CCCC=C1)/C(=N\CNc1nccs1)C(=O)Nc1nc(-c2ccccc2)cs1. The Morgan fingerprint density at radius 2 is 2.03 bits per heavy atom. The zero-order valence-corrected chi connectivity index (χ0v) is 18.2. The van der Waals surface area contributed by atoms with Crippen LogP contribution in [0.5, 0.6) is 0 Å². The van der Waals surface area contributed by atoms with E-state index in [0.29, 0.717) is 15.8 Å². The smallest absolute Gasteiger partial charge is 0.277 e. The van der Waals surface area contributed by atoms with Gasteiger partial charge in [0.1, 0.15) is 6.67 Å². The molecule has 0 spiro atoms. The minimum atomic E-state index is -0.459. The van der Waals surface area contributed by atoms with Crippen molar-refractivity contribution in [2.75, 3.05) is 17.3 Å². The van der Waals surface area contributed by atoms with Gasteiger partial charge in [-0.15, -0.1) is 22.7 Å². The van der Waals surface area contributed by atoms with E-state index in [1.807, 2.05) is 59.3 Å². The van der Waals surface area contributed by atoms with E-state index in [1.54, 1.807) is 6.20 Å². The van der Waals surface area contributed by atoms with E-state index in [4.69, 9.17) is 5.41 Å². The largest absolute Gasteiger partial charge is 0.342 e. The molecule has 0 bridgehead atoms. The Labute approximate surface area is 187 Å². The van der Waals surface area contributed by atoms with Crippen LogP contribution in [-0.4, -0.2) is 34.0 Å². The number of hydrogen-bond donors (Lipinski definition) is 3. The molecule has 0 aliphatic heterocycles. The molecule has 0 radical (unpaired) electrons. The third-order valence-corrected chi connectivity index (χ3v) is 5.92. The molecule has 7 nitrogen and oxygen atoms in total. The van der Waals surface area contributed by atoms with E-state index in [2.05, 4.69) is 25.6 Å². The van der Waals surface area contributed by atoms with Gasteiger partial charge in [-0.25, -0.2) is 9.97 Å². The Morgan fingerprint density at radius 1 is 1.16 bits per heavy atom. The number of carbonyl (C=O) groups excluding carboxylic acids is 1. The number of amides is 1. The topological polar surface area (TPSA) is 103 Å². The van der Waals surface area contributed by atoms with Crippen molar-refractivity contribution in [3.05, 3.63) is 71.1 Å². The highest BCUT2D eigenvalue weighted by Crippen LogP contribution is 2.24. The molecule has 2 heterocycles. The molecule has 0 saturated carbocycles. The molecule has 2 aromatic heterocycles. The lowest BCUT2D eigenvalue weighted by atomic mass is 9.99. The molecule has 1 amide bonds. The molecule has 156 valence electrons. The van der Waals surface area contributed by atoms with E-state index >= 15 is 0 Å². The summed E-state index contributed by atoms with van der Waals surface area (Å²) in [5.41, 5.74) is 2.61. The first-order valence-corrected chi connectivity index (χ1v) is 11.4. The molecule has 1 aliphatic rings. The van der Waals surface area contributed by atoms with E-state index in [0.717, 1.165) is 24.1 Å². The standard InChI is InChI=1S/C22H20N6OS2/c23-18(16-9-5-2-6-10-16)19(25-14-26-21-24-11-12-30-21)20(29)28-22-27-17(13-31-22)15-7-3-1-4-8-15/h1,3-5,7-13,23H,2,6,14H2,(H,24,26)(H,27,28,29)/b23-18?,25-19+. The number of aromatic nitrogens is 2. The third kappa shape index (κ3) is 5.39. The molecule has 31 heavy (non-hydrogen) atoms. The van der Waals surface area contributed by atoms with E-state index in [-0.39, 0.29) is 18.1 Å². The van der Waals surface area contributed by atoms with Crippen LogP contribution in [0.2, 0.25) is 0 Å². The second-order valence-electron chi connectivity index (χ2n) is 6.55. The van der Waals surface area contributed by atoms with Gasteiger partial charge in [0.2, 0.25) is 0 Å². The fourth-order valence-electron chi connectivity index (χ4n) is 2.93. The number of benzene rings is 1. The number of hydrogen-bond acceptors (Lipinski definition) is 8. The van der Waals surface area contributed by atoms with Crippen LogP contribution < -0.4 is 10.6 Å². The maximum absolute atomic E-state index is 13.0. The summed E-state index contributed by atoms with van der Waals surface area (Å²) in [6.07, 6.45) is 9.28. The van der Waals surface area contributed by atoms with Crippen molar-refractivity contribution in [3.63, 3.8) is 0 Å². The summed E-state index contributed by atoms with van der Waals surface area (Å²) in [6, 6.07) is 9.77. The molecule has 1 aromatic carbocycles. The molecule has 3 aromatic rings. The Morgan fingerprint density at radius 3 is 2.77 bits per heavy atom. The molecule has 3 N–H and O–H groups in total. The number of rotatable bonds is 8. The number of allylic oxidation sites excluding steroid dienone is 4. The van der Waals surface area contributed by atoms with Gasteiger partial charge in [-0.05, 0) is 18.4 Å². The van der Waals surface area contributed by atoms with Crippen LogP contribution in [0.25, 0.3) is 11.3 Å². The van der Waals surface area contributed by atoms with E-state index < -0.39 is 5.91 Å². The Bertz CT molecular complexity index is 1150. The normalized spacial score (nSPS) is 13.5. The highest BCUT2D eigenvalue weighted by atomic mass is 32.1. The van der Waals surface area contributed by atoms with Gasteiger partial charge in [0.15, 0.2) is 16.0 Å². The number of anilines is 2. The predicted octanol–water partition coefficient (Wildman–Crippen LogP) is 5.01. The minimum Gasteiger partial charge on any atom is -0.342 e. The zero-order chi connectivity index (χ0) is 21.5. The Hall–Kier alpha value is -3.43. The summed E-state index contributed by atoms with van der Waals surface area (Å²) >= 11 is 2.78. The van der Waals surface area contributed by atoms with E-state index in [1.165, 1.54) is 22.7 Å². The number of carbonyl (C=O) groups is 1. The predicted molar refractivity (Wildman–Crippen MR) is 128 cm³/mol. The summed E-state index contributed by atoms with van der Waals surface area (Å²) in [5, 5.41) is 19.3. The van der Waals surface area contributed by atoms with Crippen molar-refractivity contribution >= 4 is 50.3 Å². The average molecular weight is 449 g/mol. The number of nitrogens with zero attached hydrogens (tertiary/aromatic N) is 3. The van der Waals surface area contributed by atoms with Gasteiger partial charge in [-0.1, -0.05) is 48.6 Å². The monoisotopic (exact) mass is 448 g/mol. The van der Waals surface area contributed by atoms with Crippen molar-refractivity contribution in [3.8, 4) is 11.3 Å². The van der Waals surface area contributed by atoms with Crippen molar-refractivity contribution in [2.24, 2.45) is 4.99 Å². The van der Waals surface area contributed by atoms with Gasteiger partial charge >= 0.3 is 0 Å². The second-order valence-corrected chi connectivity index (χ2v) is 8.30. The molecular weight excluding hydrogens is 428 g/mol. The highest BCUT2D eigenvalue weighted by Gasteiger charge is 2.21. The van der Waals surface area contributed by atoms with Crippen LogP contribution in [0.15, 0.2) is 76.1 Å². The van der Waals surface area contributed by atoms with Crippen molar-refractivity contribution in [1.82, 2.24) is 9.97 Å². The fraction of sp³-hybridized carbons (Fsp3) is 0.136. The summed E-state index contributed by atoms with van der Waals surface area (Å²) in [6.45, 7) is 0.142. The first kappa shape index (κ1) is 20.8. The number of nitrogens with one attached hydrogen (secondary N) is 3. The quantitative estimate of drug-likeness (QED) is 0.421. The van der Waals surface area contributed by atoms with Gasteiger partial charge in [0, 0.05) is 22.5 Å². The van der Waals surface area contributed by atoms with Crippen molar-refractivity contribution in [2.45, 2.75) is 12.8 Å². The first-order valence-electron chi connectivity index (χ1n) is 9.67. The summed E-state index contributed by atoms with van der Waals surface area (Å²) in [5.74, 6) is -0.459. The van der Waals surface area contributed by atoms with Crippen molar-refractivity contribution < 1.29 is 4.79 Å². The molecule has 0 unspecified atom stereocenters. The molecule has 0 atom stereocenters. The molecule has 1 aliphatic carbocycles. The van der Waals surface area contributed by atoms with Gasteiger partial charge in [0.05, 0.1) is 11.4 Å². The zero-order valence-electron chi connectivity index (χ0n) is 16.5. The van der Waals surface area contributed by atoms with Crippen LogP contribution in [0.3, 0.4) is 0 Å². The maximum atomic E-state index is 13.0. The molecular formula is C22H20N6OS2. The number of thiazole rings is 2. The lowest BCUT2D eigenvalue weighted by Gasteiger charge is -2.11. The van der Waals surface area contributed by atoms with Crippen LogP contribution in [-0.2, 0) is 4.79 Å². The molecule has 0 fully saturated rings. The Balaban J connectivity index is 1.51. The fourth-order valence-corrected chi connectivity index (χ4v) is 4.16. The minimum absolute atomic E-state index is 0.0540.